The summed E-state index contributed by atoms with van der Waals surface area (Å²) in [7, 11) is 1.33. The Kier molecular flexibility index (Phi) is 4.75. The first-order valence-corrected chi connectivity index (χ1v) is 8.76. The molecule has 0 aliphatic heterocycles. The van der Waals surface area contributed by atoms with Crippen molar-refractivity contribution in [1.29, 1.82) is 0 Å². The molecule has 0 saturated heterocycles. The summed E-state index contributed by atoms with van der Waals surface area (Å²) >= 11 is 0. The van der Waals surface area contributed by atoms with E-state index >= 15 is 0 Å². The first kappa shape index (κ1) is 18.7. The highest BCUT2D eigenvalue weighted by atomic mass is 19.1. The molecule has 0 N–H and O–H groups in total. The van der Waals surface area contributed by atoms with Crippen molar-refractivity contribution < 1.29 is 13.5 Å². The summed E-state index contributed by atoms with van der Waals surface area (Å²) in [5.41, 5.74) is 1.37. The maximum atomic E-state index is 14.6. The fourth-order valence-electron chi connectivity index (χ4n) is 3.19. The average molecular weight is 394 g/mol. The predicted octanol–water partition coefficient (Wildman–Crippen LogP) is 3.36. The molecule has 4 rings (SSSR count). The second kappa shape index (κ2) is 7.38. The summed E-state index contributed by atoms with van der Waals surface area (Å²) in [5, 5.41) is 0.328. The minimum atomic E-state index is -0.749. The van der Waals surface area contributed by atoms with Gasteiger partial charge in [0, 0.05) is 12.0 Å². The molecule has 0 fully saturated rings. The Bertz CT molecular complexity index is 1270. The summed E-state index contributed by atoms with van der Waals surface area (Å²) in [4.78, 5) is 25.0. The second-order valence-electron chi connectivity index (χ2n) is 6.55. The van der Waals surface area contributed by atoms with E-state index in [1.54, 1.807) is 25.1 Å². The minimum Gasteiger partial charge on any atom is -0.494 e. The highest BCUT2D eigenvalue weighted by Crippen LogP contribution is 2.28. The molecule has 0 unspecified atom stereocenters. The monoisotopic (exact) mass is 394 g/mol. The van der Waals surface area contributed by atoms with E-state index in [1.807, 2.05) is 0 Å². The Balaban J connectivity index is 1.82. The van der Waals surface area contributed by atoms with Crippen LogP contribution in [0.1, 0.15) is 16.7 Å². The minimum absolute atomic E-state index is 0.0206. The lowest BCUT2D eigenvalue weighted by atomic mass is 10.00. The number of ether oxygens (including phenoxy) is 1. The molecule has 4 aromatic rings. The summed E-state index contributed by atoms with van der Waals surface area (Å²) in [6, 6.07) is 6.26. The number of halogens is 2. The zero-order chi connectivity index (χ0) is 20.5. The van der Waals surface area contributed by atoms with Gasteiger partial charge in [0.25, 0.3) is 5.56 Å². The van der Waals surface area contributed by atoms with Gasteiger partial charge in [-0.05, 0) is 36.2 Å². The molecule has 6 nitrogen and oxygen atoms in total. The molecule has 0 radical (unpaired) electrons. The lowest BCUT2D eigenvalue weighted by Gasteiger charge is -2.12. The van der Waals surface area contributed by atoms with Crippen molar-refractivity contribution in [1.82, 2.24) is 19.5 Å². The van der Waals surface area contributed by atoms with Crippen LogP contribution in [-0.2, 0) is 6.42 Å². The number of methoxy groups -OCH3 is 1. The maximum absolute atomic E-state index is 14.6. The number of aryl methyl sites for hydroxylation is 1. The molecule has 0 bridgehead atoms. The Morgan fingerprint density at radius 2 is 1.86 bits per heavy atom. The maximum Gasteiger partial charge on any atom is 0.265 e. The normalized spacial score (nSPS) is 11.0. The Hall–Kier alpha value is -3.68. The van der Waals surface area contributed by atoms with Crippen molar-refractivity contribution in [3.63, 3.8) is 0 Å². The molecule has 0 spiro atoms. The van der Waals surface area contributed by atoms with Crippen LogP contribution in [0.25, 0.3) is 16.6 Å². The van der Waals surface area contributed by atoms with Gasteiger partial charge in [-0.15, -0.1) is 0 Å². The van der Waals surface area contributed by atoms with Gasteiger partial charge in [-0.25, -0.2) is 23.7 Å². The van der Waals surface area contributed by atoms with Crippen molar-refractivity contribution in [2.24, 2.45) is 0 Å². The summed E-state index contributed by atoms with van der Waals surface area (Å²) in [5.74, 6) is -1.40. The van der Waals surface area contributed by atoms with E-state index < -0.39 is 11.6 Å². The third-order valence-electron chi connectivity index (χ3n) is 4.69. The van der Waals surface area contributed by atoms with Crippen LogP contribution in [-0.4, -0.2) is 26.6 Å². The van der Waals surface area contributed by atoms with E-state index in [0.29, 0.717) is 22.2 Å². The lowest BCUT2D eigenvalue weighted by Crippen LogP contribution is -2.19. The van der Waals surface area contributed by atoms with Crippen molar-refractivity contribution in [3.8, 4) is 11.4 Å². The van der Waals surface area contributed by atoms with Gasteiger partial charge in [0.05, 0.1) is 36.1 Å². The molecule has 0 saturated carbocycles. The van der Waals surface area contributed by atoms with E-state index in [1.165, 1.54) is 42.8 Å². The van der Waals surface area contributed by atoms with Crippen molar-refractivity contribution in [2.75, 3.05) is 7.11 Å². The topological polar surface area (TPSA) is 69.9 Å². The van der Waals surface area contributed by atoms with Crippen LogP contribution < -0.4 is 10.3 Å². The zero-order valence-electron chi connectivity index (χ0n) is 15.7. The fourth-order valence-corrected chi connectivity index (χ4v) is 3.19. The van der Waals surface area contributed by atoms with Crippen molar-refractivity contribution in [3.05, 3.63) is 88.0 Å². The second-order valence-corrected chi connectivity index (χ2v) is 6.55. The van der Waals surface area contributed by atoms with E-state index in [2.05, 4.69) is 15.0 Å². The Morgan fingerprint density at radius 1 is 1.10 bits per heavy atom. The molecule has 0 amide bonds. The zero-order valence-corrected chi connectivity index (χ0v) is 15.7. The molecular formula is C21H16F2N4O2. The van der Waals surface area contributed by atoms with Crippen LogP contribution >= 0.6 is 0 Å². The molecule has 146 valence electrons. The van der Waals surface area contributed by atoms with Gasteiger partial charge in [0.2, 0.25) is 0 Å². The summed E-state index contributed by atoms with van der Waals surface area (Å²) in [6.07, 6.45) is 5.72. The SMILES string of the molecule is COc1cc(C)c(F)c(Cc2ccc3ncn(-c4cncnc4)c(=O)c3c2)c1F. The van der Waals surface area contributed by atoms with Gasteiger partial charge in [-0.2, -0.15) is 0 Å². The number of fused-ring (bicyclic) bond motifs is 1. The molecule has 2 heterocycles. The molecule has 0 atom stereocenters. The van der Waals surface area contributed by atoms with Gasteiger partial charge in [-0.3, -0.25) is 9.36 Å². The molecular weight excluding hydrogens is 378 g/mol. The van der Waals surface area contributed by atoms with Crippen molar-refractivity contribution >= 4 is 10.9 Å². The lowest BCUT2D eigenvalue weighted by molar-refractivity contribution is 0.380. The van der Waals surface area contributed by atoms with E-state index in [9.17, 15) is 13.6 Å². The standard InChI is InChI=1S/C21H16F2N4O2/c1-12-5-18(29-2)20(23)16(19(12)22)7-13-3-4-17-15(6-13)21(28)27(11-26-17)14-8-24-10-25-9-14/h3-6,8-11H,7H2,1-2H3. The summed E-state index contributed by atoms with van der Waals surface area (Å²) < 4.78 is 35.5. The number of benzene rings is 2. The van der Waals surface area contributed by atoms with E-state index in [4.69, 9.17) is 4.74 Å². The number of nitrogens with zero attached hydrogens (tertiary/aromatic N) is 4. The molecule has 2 aromatic heterocycles. The van der Waals surface area contributed by atoms with Crippen molar-refractivity contribution in [2.45, 2.75) is 13.3 Å². The third kappa shape index (κ3) is 3.33. The van der Waals surface area contributed by atoms with Gasteiger partial charge < -0.3 is 4.74 Å². The van der Waals surface area contributed by atoms with Crippen LogP contribution in [0.15, 0.2) is 54.1 Å². The number of rotatable bonds is 4. The van der Waals surface area contributed by atoms with Gasteiger partial charge in [0.1, 0.15) is 18.5 Å². The van der Waals surface area contributed by atoms with Crippen LogP contribution in [0.4, 0.5) is 8.78 Å². The quantitative estimate of drug-likeness (QED) is 0.531. The highest BCUT2D eigenvalue weighted by Gasteiger charge is 2.18. The van der Waals surface area contributed by atoms with Gasteiger partial charge in [-0.1, -0.05) is 6.07 Å². The highest BCUT2D eigenvalue weighted by molar-refractivity contribution is 5.78. The average Bonchev–Trinajstić information content (AvgIpc) is 2.75. The Morgan fingerprint density at radius 3 is 2.59 bits per heavy atom. The van der Waals surface area contributed by atoms with Crippen LogP contribution in [0, 0.1) is 18.6 Å². The van der Waals surface area contributed by atoms with Crippen LogP contribution in [0.2, 0.25) is 0 Å². The van der Waals surface area contributed by atoms with E-state index in [0.717, 1.165) is 0 Å². The molecule has 2 aromatic carbocycles. The van der Waals surface area contributed by atoms with Crippen LogP contribution in [0.3, 0.4) is 0 Å². The number of hydrogen-bond acceptors (Lipinski definition) is 5. The molecule has 8 heteroatoms. The third-order valence-corrected chi connectivity index (χ3v) is 4.69. The largest absolute Gasteiger partial charge is 0.494 e. The van der Waals surface area contributed by atoms with Gasteiger partial charge in [0.15, 0.2) is 11.6 Å². The first-order valence-electron chi connectivity index (χ1n) is 8.76. The van der Waals surface area contributed by atoms with Gasteiger partial charge >= 0.3 is 0 Å². The number of aromatic nitrogens is 4. The number of hydrogen-bond donors (Lipinski definition) is 0. The first-order chi connectivity index (χ1) is 14.0. The Labute approximate surface area is 164 Å². The fraction of sp³-hybridized carbons (Fsp3) is 0.143. The molecule has 0 aliphatic carbocycles. The summed E-state index contributed by atoms with van der Waals surface area (Å²) in [6.45, 7) is 1.55. The molecule has 0 aliphatic rings. The van der Waals surface area contributed by atoms with E-state index in [-0.39, 0.29) is 28.9 Å². The molecule has 29 heavy (non-hydrogen) atoms. The van der Waals surface area contributed by atoms with Crippen LogP contribution in [0.5, 0.6) is 5.75 Å². The smallest absolute Gasteiger partial charge is 0.265 e. The predicted molar refractivity (Wildman–Crippen MR) is 103 cm³/mol.